The van der Waals surface area contributed by atoms with Gasteiger partial charge in [0.05, 0.1) is 16.4 Å². The van der Waals surface area contributed by atoms with Crippen molar-refractivity contribution in [3.05, 3.63) is 40.9 Å². The number of halogens is 1. The number of ketones is 1. The number of nitrogens with one attached hydrogen (secondary N) is 1. The summed E-state index contributed by atoms with van der Waals surface area (Å²) in [6.07, 6.45) is 5.93. The number of carbonyl (C=O) groups excluding carboxylic acids is 1. The summed E-state index contributed by atoms with van der Waals surface area (Å²) in [7, 11) is 0. The molecule has 0 aromatic carbocycles. The number of hydrogen-bond acceptors (Lipinski definition) is 5. The molecular formula is C22H28ClN3O2. The van der Waals surface area contributed by atoms with Crippen molar-refractivity contribution in [2.75, 3.05) is 25.1 Å². The fraction of sp³-hybridized carbons (Fsp3) is 0.500. The first-order valence-electron chi connectivity index (χ1n) is 9.89. The number of anilines is 1. The minimum Gasteiger partial charge on any atom is -0.383 e. The lowest BCUT2D eigenvalue weighted by Crippen LogP contribution is -2.23. The van der Waals surface area contributed by atoms with E-state index in [2.05, 4.69) is 21.4 Å². The molecule has 3 rings (SSSR count). The van der Waals surface area contributed by atoms with Crippen molar-refractivity contribution in [2.24, 2.45) is 11.8 Å². The smallest absolute Gasteiger partial charge is 0.141 e. The molecule has 0 bridgehead atoms. The van der Waals surface area contributed by atoms with Gasteiger partial charge in [0.15, 0.2) is 0 Å². The molecule has 28 heavy (non-hydrogen) atoms. The lowest BCUT2D eigenvalue weighted by Gasteiger charge is -2.23. The van der Waals surface area contributed by atoms with E-state index in [1.165, 1.54) is 0 Å². The van der Waals surface area contributed by atoms with Gasteiger partial charge in [-0.3, -0.25) is 14.8 Å². The van der Waals surface area contributed by atoms with Gasteiger partial charge in [-0.2, -0.15) is 0 Å². The normalized spacial score (nSPS) is 15.0. The van der Waals surface area contributed by atoms with Gasteiger partial charge >= 0.3 is 0 Å². The van der Waals surface area contributed by atoms with Crippen molar-refractivity contribution in [1.29, 1.82) is 0 Å². The monoisotopic (exact) mass is 401 g/mol. The first-order chi connectivity index (χ1) is 13.4. The van der Waals surface area contributed by atoms with Crippen molar-refractivity contribution < 1.29 is 9.53 Å². The highest BCUT2D eigenvalue weighted by Gasteiger charge is 2.16. The number of carbonyl (C=O) groups is 1. The maximum atomic E-state index is 12.1. The van der Waals surface area contributed by atoms with E-state index in [0.29, 0.717) is 17.4 Å². The van der Waals surface area contributed by atoms with Crippen LogP contribution < -0.4 is 5.32 Å². The zero-order valence-electron chi connectivity index (χ0n) is 16.8. The van der Waals surface area contributed by atoms with Crippen LogP contribution in [0.3, 0.4) is 0 Å². The van der Waals surface area contributed by atoms with Crippen molar-refractivity contribution in [3.8, 4) is 11.1 Å². The molecule has 2 aromatic rings. The molecule has 3 heterocycles. The Morgan fingerprint density at radius 3 is 2.71 bits per heavy atom. The van der Waals surface area contributed by atoms with Crippen LogP contribution >= 0.6 is 11.6 Å². The molecule has 6 heteroatoms. The van der Waals surface area contributed by atoms with E-state index in [9.17, 15) is 4.79 Å². The maximum Gasteiger partial charge on any atom is 0.141 e. The largest absolute Gasteiger partial charge is 0.383 e. The van der Waals surface area contributed by atoms with Crippen LogP contribution in [0.25, 0.3) is 11.1 Å². The quantitative estimate of drug-likeness (QED) is 0.727. The lowest BCUT2D eigenvalue weighted by molar-refractivity contribution is -0.121. The third-order valence-electron chi connectivity index (χ3n) is 5.23. The highest BCUT2D eigenvalue weighted by Crippen LogP contribution is 2.30. The van der Waals surface area contributed by atoms with Crippen LogP contribution in [0, 0.1) is 18.8 Å². The summed E-state index contributed by atoms with van der Waals surface area (Å²) in [4.78, 5) is 20.9. The third-order valence-corrected chi connectivity index (χ3v) is 5.53. The summed E-state index contributed by atoms with van der Waals surface area (Å²) in [5.74, 6) is 0.777. The number of aryl methyl sites for hydroxylation is 1. The zero-order chi connectivity index (χ0) is 20.1. The van der Waals surface area contributed by atoms with Crippen LogP contribution in [0.2, 0.25) is 5.02 Å². The van der Waals surface area contributed by atoms with Crippen molar-refractivity contribution in [1.82, 2.24) is 9.97 Å². The van der Waals surface area contributed by atoms with Gasteiger partial charge in [0, 0.05) is 61.3 Å². The Morgan fingerprint density at radius 2 is 2.00 bits per heavy atom. The molecule has 1 N–H and O–H groups in total. The summed E-state index contributed by atoms with van der Waals surface area (Å²) in [6, 6.07) is 3.98. The Balaban J connectivity index is 1.79. The van der Waals surface area contributed by atoms with Gasteiger partial charge in [-0.1, -0.05) is 25.4 Å². The topological polar surface area (TPSA) is 64.1 Å². The highest BCUT2D eigenvalue weighted by atomic mass is 35.5. The zero-order valence-corrected chi connectivity index (χ0v) is 17.6. The molecule has 150 valence electrons. The number of hydrogen-bond donors (Lipinski definition) is 1. The molecule has 1 aliphatic heterocycles. The molecule has 0 spiro atoms. The van der Waals surface area contributed by atoms with E-state index in [0.717, 1.165) is 60.8 Å². The molecule has 1 fully saturated rings. The Morgan fingerprint density at radius 1 is 1.25 bits per heavy atom. The predicted molar refractivity (Wildman–Crippen MR) is 113 cm³/mol. The second-order valence-corrected chi connectivity index (χ2v) is 8.15. The molecule has 0 amide bonds. The highest BCUT2D eigenvalue weighted by molar-refractivity contribution is 6.33. The number of aromatic nitrogens is 2. The molecular weight excluding hydrogens is 374 g/mol. The Kier molecular flexibility index (Phi) is 7.03. The number of nitrogens with zero attached hydrogens (tertiary/aromatic N) is 2. The van der Waals surface area contributed by atoms with Crippen molar-refractivity contribution in [2.45, 2.75) is 40.0 Å². The summed E-state index contributed by atoms with van der Waals surface area (Å²) in [6.45, 7) is 8.39. The molecule has 1 saturated heterocycles. The number of pyridine rings is 2. The van der Waals surface area contributed by atoms with E-state index in [1.807, 2.05) is 33.0 Å². The summed E-state index contributed by atoms with van der Waals surface area (Å²) >= 11 is 6.41. The van der Waals surface area contributed by atoms with Crippen LogP contribution in [0.1, 0.15) is 38.1 Å². The second kappa shape index (κ2) is 9.48. The molecule has 0 atom stereocenters. The minimum atomic E-state index is -0.0111. The SMILES string of the molecule is Cc1ncc(-c2cc(CC(=O)C(C)C)ncc2Cl)cc1NCC1CCOCC1. The molecule has 0 saturated carbocycles. The van der Waals surface area contributed by atoms with E-state index >= 15 is 0 Å². The molecule has 0 unspecified atom stereocenters. The molecule has 2 aromatic heterocycles. The van der Waals surface area contributed by atoms with Crippen LogP contribution in [-0.4, -0.2) is 35.5 Å². The second-order valence-electron chi connectivity index (χ2n) is 7.75. The average molecular weight is 402 g/mol. The van der Waals surface area contributed by atoms with E-state index < -0.39 is 0 Å². The Bertz CT molecular complexity index is 833. The first-order valence-corrected chi connectivity index (χ1v) is 10.3. The summed E-state index contributed by atoms with van der Waals surface area (Å²) < 4.78 is 5.43. The minimum absolute atomic E-state index is 0.0111. The van der Waals surface area contributed by atoms with Gasteiger partial charge in [-0.15, -0.1) is 0 Å². The molecule has 5 nitrogen and oxygen atoms in total. The van der Waals surface area contributed by atoms with Gasteiger partial charge in [-0.25, -0.2) is 0 Å². The number of rotatable bonds is 7. The van der Waals surface area contributed by atoms with Crippen LogP contribution in [0.15, 0.2) is 24.5 Å². The van der Waals surface area contributed by atoms with Crippen LogP contribution in [0.5, 0.6) is 0 Å². The fourth-order valence-corrected chi connectivity index (χ4v) is 3.46. The van der Waals surface area contributed by atoms with Gasteiger partial charge in [0.1, 0.15) is 5.78 Å². The predicted octanol–water partition coefficient (Wildman–Crippen LogP) is 4.71. The van der Waals surface area contributed by atoms with Gasteiger partial charge < -0.3 is 10.1 Å². The molecule has 1 aliphatic rings. The maximum absolute atomic E-state index is 12.1. The summed E-state index contributed by atoms with van der Waals surface area (Å²) in [5, 5.41) is 4.10. The van der Waals surface area contributed by atoms with E-state index in [4.69, 9.17) is 16.3 Å². The Labute approximate surface area is 171 Å². The van der Waals surface area contributed by atoms with Gasteiger partial charge in [-0.05, 0) is 37.8 Å². The number of ether oxygens (including phenoxy) is 1. The fourth-order valence-electron chi connectivity index (χ4n) is 3.25. The third kappa shape index (κ3) is 5.30. The average Bonchev–Trinajstić information content (AvgIpc) is 2.69. The first kappa shape index (κ1) is 20.7. The lowest BCUT2D eigenvalue weighted by atomic mass is 10.00. The van der Waals surface area contributed by atoms with Crippen molar-refractivity contribution in [3.63, 3.8) is 0 Å². The standard InChI is InChI=1S/C22H28ClN3O2/c1-14(2)22(27)10-18-9-19(20(23)13-25-18)17-8-21(15(3)24-12-17)26-11-16-4-6-28-7-5-16/h8-9,12-14,16,26H,4-7,10-11H2,1-3H3. The van der Waals surface area contributed by atoms with Crippen molar-refractivity contribution >= 4 is 23.1 Å². The Hall–Kier alpha value is -1.98. The van der Waals surface area contributed by atoms with E-state index in [1.54, 1.807) is 6.20 Å². The van der Waals surface area contributed by atoms with Gasteiger partial charge in [0.2, 0.25) is 0 Å². The van der Waals surface area contributed by atoms with Crippen LogP contribution in [0.4, 0.5) is 5.69 Å². The molecule has 0 aliphatic carbocycles. The van der Waals surface area contributed by atoms with Crippen LogP contribution in [-0.2, 0) is 16.0 Å². The number of Topliss-reactive ketones (excluding diaryl/α,β-unsaturated/α-hetero) is 1. The van der Waals surface area contributed by atoms with Gasteiger partial charge in [0.25, 0.3) is 0 Å². The molecule has 0 radical (unpaired) electrons. The van der Waals surface area contributed by atoms with E-state index in [-0.39, 0.29) is 11.7 Å². The summed E-state index contributed by atoms with van der Waals surface area (Å²) in [5.41, 5.74) is 4.47.